The summed E-state index contributed by atoms with van der Waals surface area (Å²) in [4.78, 5) is 23.9. The molecule has 0 aromatic heterocycles. The molecule has 0 saturated heterocycles. The van der Waals surface area contributed by atoms with E-state index < -0.39 is 4.92 Å². The average Bonchev–Trinajstić information content (AvgIpc) is 3.20. The van der Waals surface area contributed by atoms with Crippen LogP contribution >= 0.6 is 11.6 Å². The van der Waals surface area contributed by atoms with Crippen molar-refractivity contribution >= 4 is 28.9 Å². The second-order valence-corrected chi connectivity index (χ2v) is 6.92. The zero-order valence-corrected chi connectivity index (χ0v) is 15.9. The number of amides is 1. The van der Waals surface area contributed by atoms with Gasteiger partial charge in [0.15, 0.2) is 0 Å². The van der Waals surface area contributed by atoms with E-state index in [1.807, 2.05) is 66.7 Å². The van der Waals surface area contributed by atoms with Crippen LogP contribution in [0.4, 0.5) is 5.69 Å². The highest BCUT2D eigenvalue weighted by Gasteiger charge is 2.32. The van der Waals surface area contributed by atoms with Crippen molar-refractivity contribution in [2.24, 2.45) is 0 Å². The van der Waals surface area contributed by atoms with Gasteiger partial charge in [0.05, 0.1) is 16.7 Å². The first-order valence-electron chi connectivity index (χ1n) is 8.91. The predicted octanol–water partition coefficient (Wildman–Crippen LogP) is 4.99. The molecule has 1 heterocycles. The highest BCUT2D eigenvalue weighted by Crippen LogP contribution is 2.33. The van der Waals surface area contributed by atoms with Gasteiger partial charge in [0, 0.05) is 11.6 Å². The smallest absolute Gasteiger partial charge is 0.288 e. The summed E-state index contributed by atoms with van der Waals surface area (Å²) in [5.74, 6) is -0.388. The molecule has 29 heavy (non-hydrogen) atoms. The lowest BCUT2D eigenvalue weighted by Crippen LogP contribution is -2.39. The van der Waals surface area contributed by atoms with Crippen LogP contribution < -0.4 is 5.43 Å². The van der Waals surface area contributed by atoms with E-state index in [2.05, 4.69) is 5.43 Å². The van der Waals surface area contributed by atoms with Crippen LogP contribution in [-0.2, 0) is 0 Å². The molecule has 0 spiro atoms. The molecular formula is C22H16ClN3O3. The maximum atomic E-state index is 13.3. The molecule has 0 unspecified atom stereocenters. The lowest BCUT2D eigenvalue weighted by Gasteiger charge is -2.25. The van der Waals surface area contributed by atoms with Crippen LogP contribution in [0.25, 0.3) is 5.70 Å². The van der Waals surface area contributed by atoms with Crippen LogP contribution in [-0.4, -0.2) is 15.8 Å². The number of hydrogen-bond donors (Lipinski definition) is 1. The minimum absolute atomic E-state index is 0.0105. The maximum absolute atomic E-state index is 13.3. The number of nitro groups is 1. The van der Waals surface area contributed by atoms with Gasteiger partial charge in [0.25, 0.3) is 11.6 Å². The molecule has 0 saturated carbocycles. The fourth-order valence-electron chi connectivity index (χ4n) is 3.24. The Morgan fingerprint density at radius 3 is 2.31 bits per heavy atom. The minimum Gasteiger partial charge on any atom is -0.295 e. The first-order chi connectivity index (χ1) is 14.0. The largest absolute Gasteiger partial charge is 0.295 e. The number of halogens is 1. The summed E-state index contributed by atoms with van der Waals surface area (Å²) in [6.07, 6.45) is 1.97. The van der Waals surface area contributed by atoms with Crippen molar-refractivity contribution in [3.8, 4) is 0 Å². The molecule has 0 aliphatic carbocycles. The van der Waals surface area contributed by atoms with E-state index in [-0.39, 0.29) is 28.2 Å². The SMILES string of the molecule is O=C(c1ccc(Cl)c([N+](=O)[O-])c1)N1NC(c2ccccc2)=C[C@@H]1c1ccccc1. The number of rotatable bonds is 4. The van der Waals surface area contributed by atoms with Crippen molar-refractivity contribution in [2.45, 2.75) is 6.04 Å². The molecule has 1 N–H and O–H groups in total. The number of nitro benzene ring substituents is 1. The summed E-state index contributed by atoms with van der Waals surface area (Å²) in [6.45, 7) is 0. The van der Waals surface area contributed by atoms with Crippen LogP contribution in [0.2, 0.25) is 5.02 Å². The Kier molecular flexibility index (Phi) is 5.01. The van der Waals surface area contributed by atoms with E-state index in [1.54, 1.807) is 0 Å². The molecule has 3 aromatic rings. The second kappa shape index (κ2) is 7.77. The Morgan fingerprint density at radius 2 is 1.66 bits per heavy atom. The van der Waals surface area contributed by atoms with E-state index in [0.29, 0.717) is 0 Å². The van der Waals surface area contributed by atoms with E-state index in [9.17, 15) is 14.9 Å². The number of nitrogens with one attached hydrogen (secondary N) is 1. The molecule has 1 aliphatic heterocycles. The Labute approximate surface area is 172 Å². The third kappa shape index (κ3) is 3.70. The summed E-state index contributed by atoms with van der Waals surface area (Å²) >= 11 is 5.89. The van der Waals surface area contributed by atoms with E-state index >= 15 is 0 Å². The van der Waals surface area contributed by atoms with Gasteiger partial charge in [-0.15, -0.1) is 0 Å². The van der Waals surface area contributed by atoms with Gasteiger partial charge >= 0.3 is 0 Å². The zero-order valence-electron chi connectivity index (χ0n) is 15.2. The van der Waals surface area contributed by atoms with Crippen molar-refractivity contribution in [1.29, 1.82) is 0 Å². The highest BCUT2D eigenvalue weighted by molar-refractivity contribution is 6.32. The first kappa shape index (κ1) is 18.7. The topological polar surface area (TPSA) is 75.5 Å². The molecule has 3 aromatic carbocycles. The monoisotopic (exact) mass is 405 g/mol. The number of hydrazine groups is 1. The summed E-state index contributed by atoms with van der Waals surface area (Å²) in [5, 5.41) is 12.7. The van der Waals surface area contributed by atoms with Gasteiger partial charge in [0.2, 0.25) is 0 Å². The Balaban J connectivity index is 1.73. The van der Waals surface area contributed by atoms with Gasteiger partial charge in [-0.2, -0.15) is 0 Å². The van der Waals surface area contributed by atoms with Gasteiger partial charge < -0.3 is 0 Å². The molecule has 1 amide bonds. The molecular weight excluding hydrogens is 390 g/mol. The second-order valence-electron chi connectivity index (χ2n) is 6.51. The van der Waals surface area contributed by atoms with Crippen molar-refractivity contribution in [3.63, 3.8) is 0 Å². The lowest BCUT2D eigenvalue weighted by atomic mass is 10.0. The molecule has 1 atom stereocenters. The van der Waals surface area contributed by atoms with Crippen LogP contribution in [0.1, 0.15) is 27.5 Å². The van der Waals surface area contributed by atoms with Crippen molar-refractivity contribution in [2.75, 3.05) is 0 Å². The van der Waals surface area contributed by atoms with Crippen LogP contribution in [0.15, 0.2) is 84.9 Å². The standard InChI is InChI=1S/C22H16ClN3O3/c23-18-12-11-17(13-21(18)26(28)29)22(27)25-20(16-9-5-2-6-10-16)14-19(24-25)15-7-3-1-4-8-15/h1-14,20,24H/t20-/m1/s1. The molecule has 0 radical (unpaired) electrons. The molecule has 0 fully saturated rings. The summed E-state index contributed by atoms with van der Waals surface area (Å²) < 4.78 is 0. The third-order valence-electron chi connectivity index (χ3n) is 4.68. The molecule has 7 heteroatoms. The zero-order chi connectivity index (χ0) is 20.4. The van der Waals surface area contributed by atoms with E-state index in [0.717, 1.165) is 16.8 Å². The maximum Gasteiger partial charge on any atom is 0.288 e. The highest BCUT2D eigenvalue weighted by atomic mass is 35.5. The van der Waals surface area contributed by atoms with Gasteiger partial charge in [-0.25, -0.2) is 5.01 Å². The normalized spacial score (nSPS) is 15.6. The van der Waals surface area contributed by atoms with E-state index in [4.69, 9.17) is 11.6 Å². The average molecular weight is 406 g/mol. The molecule has 4 rings (SSSR count). The Morgan fingerprint density at radius 1 is 1.00 bits per heavy atom. The van der Waals surface area contributed by atoms with Crippen molar-refractivity contribution in [3.05, 3.63) is 117 Å². The lowest BCUT2D eigenvalue weighted by molar-refractivity contribution is -0.384. The van der Waals surface area contributed by atoms with E-state index in [1.165, 1.54) is 23.2 Å². The van der Waals surface area contributed by atoms with Crippen molar-refractivity contribution in [1.82, 2.24) is 10.4 Å². The van der Waals surface area contributed by atoms with Gasteiger partial charge in [0.1, 0.15) is 5.02 Å². The Bertz CT molecular complexity index is 1100. The number of carbonyl (C=O) groups is 1. The predicted molar refractivity (Wildman–Crippen MR) is 111 cm³/mol. The summed E-state index contributed by atoms with van der Waals surface area (Å²) in [7, 11) is 0. The number of hydrogen-bond acceptors (Lipinski definition) is 4. The van der Waals surface area contributed by atoms with Gasteiger partial charge in [-0.05, 0) is 29.3 Å². The van der Waals surface area contributed by atoms with Crippen LogP contribution in [0.3, 0.4) is 0 Å². The molecule has 0 bridgehead atoms. The minimum atomic E-state index is -0.598. The summed E-state index contributed by atoms with van der Waals surface area (Å²) in [6, 6.07) is 22.9. The molecule has 144 valence electrons. The molecule has 6 nitrogen and oxygen atoms in total. The Hall–Kier alpha value is -3.64. The fourth-order valence-corrected chi connectivity index (χ4v) is 3.43. The van der Waals surface area contributed by atoms with Gasteiger partial charge in [-0.1, -0.05) is 72.3 Å². The van der Waals surface area contributed by atoms with Crippen LogP contribution in [0, 0.1) is 10.1 Å². The fraction of sp³-hybridized carbons (Fsp3) is 0.0455. The number of carbonyl (C=O) groups excluding carboxylic acids is 1. The van der Waals surface area contributed by atoms with Crippen molar-refractivity contribution < 1.29 is 9.72 Å². The number of benzene rings is 3. The first-order valence-corrected chi connectivity index (χ1v) is 9.29. The molecule has 1 aliphatic rings. The van der Waals surface area contributed by atoms with Gasteiger partial charge in [-0.3, -0.25) is 20.3 Å². The summed E-state index contributed by atoms with van der Waals surface area (Å²) in [5.41, 5.74) is 5.68. The quantitative estimate of drug-likeness (QED) is 0.490. The van der Waals surface area contributed by atoms with Crippen LogP contribution in [0.5, 0.6) is 0 Å². The third-order valence-corrected chi connectivity index (χ3v) is 5.00. The number of nitrogens with zero attached hydrogens (tertiary/aromatic N) is 2.